The van der Waals surface area contributed by atoms with Gasteiger partial charge in [0.05, 0.1) is 39.3 Å². The molecular weight excluding hydrogens is 809 g/mol. The van der Waals surface area contributed by atoms with E-state index in [1.807, 2.05) is 67.2 Å². The van der Waals surface area contributed by atoms with Gasteiger partial charge in [0.1, 0.15) is 17.2 Å². The molecule has 17 rings (SSSR count). The molecule has 0 aliphatic carbocycles. The Bertz CT molecular complexity index is 2580. The summed E-state index contributed by atoms with van der Waals surface area (Å²) in [6.07, 6.45) is 11.0. The first-order valence-electron chi connectivity index (χ1n) is 22.2. The molecule has 0 radical (unpaired) electrons. The lowest BCUT2D eigenvalue weighted by Gasteiger charge is -2.19. The van der Waals surface area contributed by atoms with Crippen LogP contribution in [0.5, 0.6) is 17.2 Å². The molecule has 11 aliphatic rings. The molecule has 14 bridgehead atoms. The molecule has 0 saturated carbocycles. The van der Waals surface area contributed by atoms with E-state index in [2.05, 4.69) is 70.5 Å². The Hall–Kier alpha value is -7.34. The molecule has 0 atom stereocenters. The summed E-state index contributed by atoms with van der Waals surface area (Å²) in [7, 11) is 0. The lowest BCUT2D eigenvalue weighted by atomic mass is 10.0. The van der Waals surface area contributed by atoms with Crippen LogP contribution in [0.2, 0.25) is 0 Å². The lowest BCUT2D eigenvalue weighted by Crippen LogP contribution is -2.31. The number of hydrogen-bond acceptors (Lipinski definition) is 11. The number of phenols is 3. The predicted molar refractivity (Wildman–Crippen MR) is 268 cm³/mol. The van der Waals surface area contributed by atoms with E-state index in [4.69, 9.17) is 30.0 Å². The van der Waals surface area contributed by atoms with Crippen LogP contribution in [-0.2, 0) is 0 Å². The van der Waals surface area contributed by atoms with Gasteiger partial charge in [0, 0.05) is 93.2 Å². The van der Waals surface area contributed by atoms with Crippen molar-refractivity contribution < 1.29 is 15.3 Å². The minimum atomic E-state index is 0.175. The van der Waals surface area contributed by atoms with E-state index in [1.165, 1.54) is 0 Å². The topological polar surface area (TPSA) is 141 Å². The fourth-order valence-corrected chi connectivity index (χ4v) is 7.66. The van der Waals surface area contributed by atoms with Gasteiger partial charge in [-0.1, -0.05) is 91.0 Å². The van der Waals surface area contributed by atoms with Crippen molar-refractivity contribution in [2.75, 3.05) is 78.5 Å². The molecule has 0 amide bonds. The monoisotopic (exact) mass is 862 g/mol. The van der Waals surface area contributed by atoms with E-state index < -0.39 is 0 Å². The van der Waals surface area contributed by atoms with Gasteiger partial charge in [0.15, 0.2) is 0 Å². The average molecular weight is 863 g/mol. The van der Waals surface area contributed by atoms with E-state index in [9.17, 15) is 15.3 Å². The average Bonchev–Trinajstić information content (AvgIpc) is 3.33. The molecule has 11 heteroatoms. The van der Waals surface area contributed by atoms with E-state index >= 15 is 0 Å². The van der Waals surface area contributed by atoms with Crippen molar-refractivity contribution in [2.24, 2.45) is 30.0 Å². The zero-order valence-corrected chi connectivity index (χ0v) is 36.5. The second-order valence-electron chi connectivity index (χ2n) is 16.1. The van der Waals surface area contributed by atoms with Crippen LogP contribution in [0.1, 0.15) is 33.4 Å². The van der Waals surface area contributed by atoms with E-state index in [0.717, 1.165) is 63.2 Å². The molecule has 6 aromatic carbocycles. The normalized spacial score (nSPS) is 17.5. The number of phenolic OH excluding ortho intramolecular Hbond substituents is 3. The molecule has 0 unspecified atom stereocenters. The highest BCUT2D eigenvalue weighted by atomic mass is 16.3. The molecule has 0 aromatic heterocycles. The molecule has 65 heavy (non-hydrogen) atoms. The number of aromatic hydroxyl groups is 3. The molecule has 0 fully saturated rings. The zero-order valence-electron chi connectivity index (χ0n) is 36.5. The summed E-state index contributed by atoms with van der Waals surface area (Å²) >= 11 is 0. The number of hydrogen-bond donors (Lipinski definition) is 3. The van der Waals surface area contributed by atoms with Gasteiger partial charge >= 0.3 is 0 Å². The van der Waals surface area contributed by atoms with Crippen molar-refractivity contribution in [3.8, 4) is 50.6 Å². The Labute approximate surface area is 381 Å². The molecule has 6 aromatic rings. The van der Waals surface area contributed by atoms with Crippen molar-refractivity contribution >= 4 is 37.3 Å². The molecule has 11 heterocycles. The van der Waals surface area contributed by atoms with Crippen molar-refractivity contribution in [3.63, 3.8) is 0 Å². The van der Waals surface area contributed by atoms with Crippen molar-refractivity contribution in [1.82, 2.24) is 9.80 Å². The van der Waals surface area contributed by atoms with Crippen LogP contribution in [-0.4, -0.2) is 141 Å². The highest BCUT2D eigenvalue weighted by Gasteiger charge is 2.10. The van der Waals surface area contributed by atoms with E-state index in [-0.39, 0.29) is 17.2 Å². The molecule has 0 saturated heterocycles. The van der Waals surface area contributed by atoms with E-state index in [0.29, 0.717) is 82.1 Å². The largest absolute Gasteiger partial charge is 0.507 e. The van der Waals surface area contributed by atoms with Gasteiger partial charge in [-0.15, -0.1) is 0 Å². The van der Waals surface area contributed by atoms with E-state index in [1.54, 1.807) is 36.8 Å². The third kappa shape index (κ3) is 12.7. The van der Waals surface area contributed by atoms with Crippen LogP contribution in [0.3, 0.4) is 0 Å². The number of aliphatic imine (C=N–C) groups is 6. The van der Waals surface area contributed by atoms with Crippen molar-refractivity contribution in [1.29, 1.82) is 0 Å². The first kappa shape index (κ1) is 44.3. The minimum Gasteiger partial charge on any atom is -0.507 e. The third-order valence-electron chi connectivity index (χ3n) is 11.5. The van der Waals surface area contributed by atoms with Gasteiger partial charge < -0.3 is 15.3 Å². The van der Waals surface area contributed by atoms with Crippen LogP contribution in [0.4, 0.5) is 0 Å². The van der Waals surface area contributed by atoms with Crippen LogP contribution in [0.25, 0.3) is 33.4 Å². The summed E-state index contributed by atoms with van der Waals surface area (Å²) in [5.41, 5.74) is 11.0. The Balaban J connectivity index is 1.11. The molecule has 11 nitrogen and oxygen atoms in total. The molecular formula is C54H54N8O3. The maximum atomic E-state index is 10.8. The second kappa shape index (κ2) is 22.3. The molecule has 11 aliphatic heterocycles. The van der Waals surface area contributed by atoms with Gasteiger partial charge in [-0.2, -0.15) is 0 Å². The summed E-state index contributed by atoms with van der Waals surface area (Å²) in [6.45, 7) is 7.54. The predicted octanol–water partition coefficient (Wildman–Crippen LogP) is 8.35. The Morgan fingerprint density at radius 2 is 0.508 bits per heavy atom. The van der Waals surface area contributed by atoms with Gasteiger partial charge in [0.25, 0.3) is 0 Å². The standard InChI is InChI=1S/C54H54N8O3/c63-52-16-13-46-31-49(52)37-58-22-28-61-25-19-55-34-40-1-7-43(8-2-40)47-14-17-53(64)50(32-47)38-59-23-29-62(27-21-57-36-42-5-11-45(46)12-6-42)30-24-60-39-51-33-48(15-18-54(51)65)44-9-3-41(4-10-44)35-56-20-26-61/h1-18,31-39,63-65H,19-30H2. The highest BCUT2D eigenvalue weighted by molar-refractivity contribution is 5.89. The smallest absolute Gasteiger partial charge is 0.124 e. The van der Waals surface area contributed by atoms with Gasteiger partial charge in [-0.25, -0.2) is 0 Å². The number of nitrogens with zero attached hydrogens (tertiary/aromatic N) is 8. The Morgan fingerprint density at radius 1 is 0.277 bits per heavy atom. The number of benzene rings is 6. The molecule has 0 spiro atoms. The maximum absolute atomic E-state index is 10.8. The fourth-order valence-electron chi connectivity index (χ4n) is 7.66. The minimum absolute atomic E-state index is 0.175. The summed E-state index contributed by atoms with van der Waals surface area (Å²) in [4.78, 5) is 33.2. The zero-order chi connectivity index (χ0) is 44.6. The Kier molecular flexibility index (Phi) is 15.2. The van der Waals surface area contributed by atoms with Gasteiger partial charge in [-0.05, 0) is 86.5 Å². The summed E-state index contributed by atoms with van der Waals surface area (Å²) in [5, 5.41) is 32.3. The van der Waals surface area contributed by atoms with Gasteiger partial charge in [-0.3, -0.25) is 39.8 Å². The number of rotatable bonds is 0. The van der Waals surface area contributed by atoms with Crippen molar-refractivity contribution in [3.05, 3.63) is 161 Å². The molecule has 3 N–H and O–H groups in total. The quantitative estimate of drug-likeness (QED) is 0.141. The lowest BCUT2D eigenvalue weighted by molar-refractivity contribution is 0.298. The highest BCUT2D eigenvalue weighted by Crippen LogP contribution is 2.28. The Morgan fingerprint density at radius 3 is 0.769 bits per heavy atom. The SMILES string of the molecule is Oc1ccc2cc1C=NCCN1CCN=Cc3ccc(cc3)-c3ccc(O)c(c3)C=NCCN(CCN=Cc3ccc-2cc3)CCN=Cc2ccc(cc2)-c2ccc(O)c(c2)C=NCC1. The third-order valence-corrected chi connectivity index (χ3v) is 11.5. The van der Waals surface area contributed by atoms with Gasteiger partial charge in [0.2, 0.25) is 0 Å². The summed E-state index contributed by atoms with van der Waals surface area (Å²) in [6, 6.07) is 41.5. The second-order valence-corrected chi connectivity index (χ2v) is 16.1. The maximum Gasteiger partial charge on any atom is 0.124 e. The van der Waals surface area contributed by atoms with Crippen LogP contribution in [0, 0.1) is 0 Å². The fraction of sp³-hybridized carbons (Fsp3) is 0.222. The summed E-state index contributed by atoms with van der Waals surface area (Å²) in [5.74, 6) is 0.536. The first-order valence-corrected chi connectivity index (χ1v) is 22.2. The van der Waals surface area contributed by atoms with Crippen LogP contribution < -0.4 is 0 Å². The van der Waals surface area contributed by atoms with Crippen molar-refractivity contribution in [2.45, 2.75) is 0 Å². The van der Waals surface area contributed by atoms with Crippen LogP contribution >= 0.6 is 0 Å². The van der Waals surface area contributed by atoms with Crippen LogP contribution in [0.15, 0.2) is 157 Å². The molecule has 328 valence electrons. The summed E-state index contributed by atoms with van der Waals surface area (Å²) < 4.78 is 0. The first-order chi connectivity index (χ1) is 31.9.